The Morgan fingerprint density at radius 1 is 1.09 bits per heavy atom. The molecule has 0 amide bonds. The van der Waals surface area contributed by atoms with Crippen LogP contribution in [0.25, 0.3) is 0 Å². The van der Waals surface area contributed by atoms with Crippen molar-refractivity contribution in [2.45, 2.75) is 44.2 Å². The molecule has 2 rings (SSSR count). The maximum atomic E-state index is 5.92. The van der Waals surface area contributed by atoms with Crippen molar-refractivity contribution in [1.82, 2.24) is 4.90 Å². The normalized spacial score (nSPS) is 40.1. The largest absolute Gasteiger partial charge is 0.328 e. The van der Waals surface area contributed by atoms with Crippen molar-refractivity contribution in [3.63, 3.8) is 0 Å². The third-order valence-corrected chi connectivity index (χ3v) is 3.11. The van der Waals surface area contributed by atoms with Crippen molar-refractivity contribution in [2.75, 3.05) is 13.1 Å². The molecule has 2 N–H and O–H groups in total. The van der Waals surface area contributed by atoms with Crippen LogP contribution < -0.4 is 5.73 Å². The SMILES string of the molecule is N[C@@H]1CCN2CCCC[C@@H]2C1. The van der Waals surface area contributed by atoms with E-state index in [1.165, 1.54) is 45.2 Å². The second-order valence-electron chi connectivity index (χ2n) is 3.97. The first-order valence-corrected chi connectivity index (χ1v) is 4.86. The van der Waals surface area contributed by atoms with Crippen molar-refractivity contribution >= 4 is 0 Å². The van der Waals surface area contributed by atoms with Gasteiger partial charge in [0, 0.05) is 12.1 Å². The summed E-state index contributed by atoms with van der Waals surface area (Å²) in [6.45, 7) is 2.59. The van der Waals surface area contributed by atoms with E-state index in [0.717, 1.165) is 6.04 Å². The van der Waals surface area contributed by atoms with Crippen LogP contribution in [0.1, 0.15) is 32.1 Å². The van der Waals surface area contributed by atoms with E-state index < -0.39 is 0 Å². The van der Waals surface area contributed by atoms with Crippen molar-refractivity contribution in [2.24, 2.45) is 5.73 Å². The summed E-state index contributed by atoms with van der Waals surface area (Å²) in [7, 11) is 0. The van der Waals surface area contributed by atoms with E-state index in [9.17, 15) is 0 Å². The van der Waals surface area contributed by atoms with Crippen LogP contribution in [-0.2, 0) is 0 Å². The van der Waals surface area contributed by atoms with Gasteiger partial charge in [-0.3, -0.25) is 0 Å². The number of hydrogen-bond acceptors (Lipinski definition) is 2. The zero-order chi connectivity index (χ0) is 7.68. The summed E-state index contributed by atoms with van der Waals surface area (Å²) in [5, 5.41) is 0. The minimum atomic E-state index is 0.495. The average Bonchev–Trinajstić information content (AvgIpc) is 2.04. The van der Waals surface area contributed by atoms with E-state index >= 15 is 0 Å². The fourth-order valence-corrected chi connectivity index (χ4v) is 2.42. The molecule has 2 heteroatoms. The Bertz CT molecular complexity index is 136. The highest BCUT2D eigenvalue weighted by molar-refractivity contribution is 4.85. The van der Waals surface area contributed by atoms with Crippen LogP contribution in [0.2, 0.25) is 0 Å². The Hall–Kier alpha value is -0.0800. The predicted molar refractivity (Wildman–Crippen MR) is 46.4 cm³/mol. The molecule has 0 spiro atoms. The van der Waals surface area contributed by atoms with Crippen LogP contribution in [0.5, 0.6) is 0 Å². The molecule has 2 heterocycles. The molecule has 2 atom stereocenters. The number of fused-ring (bicyclic) bond motifs is 1. The van der Waals surface area contributed by atoms with Crippen LogP contribution >= 0.6 is 0 Å². The van der Waals surface area contributed by atoms with E-state index in [1.807, 2.05) is 0 Å². The molecule has 0 radical (unpaired) electrons. The molecule has 64 valence electrons. The summed E-state index contributed by atoms with van der Waals surface area (Å²) in [6, 6.07) is 1.34. The molecule has 0 unspecified atom stereocenters. The molecule has 11 heavy (non-hydrogen) atoms. The number of nitrogens with zero attached hydrogens (tertiary/aromatic N) is 1. The van der Waals surface area contributed by atoms with Crippen molar-refractivity contribution < 1.29 is 0 Å². The van der Waals surface area contributed by atoms with Crippen LogP contribution in [0, 0.1) is 0 Å². The quantitative estimate of drug-likeness (QED) is 0.563. The Kier molecular flexibility index (Phi) is 2.14. The van der Waals surface area contributed by atoms with Crippen LogP contribution in [-0.4, -0.2) is 30.1 Å². The predicted octanol–water partition coefficient (Wildman–Crippen LogP) is 0.962. The lowest BCUT2D eigenvalue weighted by molar-refractivity contribution is 0.0986. The van der Waals surface area contributed by atoms with Crippen LogP contribution in [0.4, 0.5) is 0 Å². The van der Waals surface area contributed by atoms with Crippen molar-refractivity contribution in [1.29, 1.82) is 0 Å². The second-order valence-corrected chi connectivity index (χ2v) is 3.97. The third-order valence-electron chi connectivity index (χ3n) is 3.11. The Morgan fingerprint density at radius 2 is 2.00 bits per heavy atom. The van der Waals surface area contributed by atoms with Gasteiger partial charge in [-0.15, -0.1) is 0 Å². The van der Waals surface area contributed by atoms with E-state index in [0.29, 0.717) is 6.04 Å². The highest BCUT2D eigenvalue weighted by atomic mass is 15.2. The van der Waals surface area contributed by atoms with Crippen LogP contribution in [0.3, 0.4) is 0 Å². The first kappa shape index (κ1) is 7.56. The topological polar surface area (TPSA) is 29.3 Å². The second kappa shape index (κ2) is 3.11. The lowest BCUT2D eigenvalue weighted by Crippen LogP contribution is -2.49. The van der Waals surface area contributed by atoms with Gasteiger partial charge < -0.3 is 10.6 Å². The summed E-state index contributed by atoms with van der Waals surface area (Å²) in [4.78, 5) is 2.63. The van der Waals surface area contributed by atoms with E-state index in [1.54, 1.807) is 0 Å². The summed E-state index contributed by atoms with van der Waals surface area (Å²) in [5.74, 6) is 0. The summed E-state index contributed by atoms with van der Waals surface area (Å²) >= 11 is 0. The van der Waals surface area contributed by atoms with Gasteiger partial charge in [0.15, 0.2) is 0 Å². The lowest BCUT2D eigenvalue weighted by atomic mass is 9.91. The molecule has 0 aromatic rings. The summed E-state index contributed by atoms with van der Waals surface area (Å²) in [5.41, 5.74) is 5.92. The number of rotatable bonds is 0. The van der Waals surface area contributed by atoms with Gasteiger partial charge in [0.25, 0.3) is 0 Å². The molecular weight excluding hydrogens is 136 g/mol. The molecule has 2 nitrogen and oxygen atoms in total. The van der Waals surface area contributed by atoms with Crippen molar-refractivity contribution in [3.8, 4) is 0 Å². The standard InChI is InChI=1S/C9H18N2/c10-8-4-6-11-5-2-1-3-9(11)7-8/h8-9H,1-7,10H2/t8-,9-/m1/s1. The highest BCUT2D eigenvalue weighted by Crippen LogP contribution is 2.24. The third kappa shape index (κ3) is 1.57. The maximum Gasteiger partial charge on any atom is 0.0110 e. The van der Waals surface area contributed by atoms with Gasteiger partial charge in [0.1, 0.15) is 0 Å². The molecule has 0 aliphatic carbocycles. The molecule has 0 bridgehead atoms. The molecule has 2 saturated heterocycles. The summed E-state index contributed by atoms with van der Waals surface area (Å²) < 4.78 is 0. The molecule has 2 aliphatic rings. The number of hydrogen-bond donors (Lipinski definition) is 1. The van der Waals surface area contributed by atoms with Gasteiger partial charge in [0.05, 0.1) is 0 Å². The number of nitrogens with two attached hydrogens (primary N) is 1. The van der Waals surface area contributed by atoms with E-state index in [2.05, 4.69) is 4.90 Å². The molecule has 2 fully saturated rings. The number of piperidine rings is 2. The van der Waals surface area contributed by atoms with Gasteiger partial charge in [-0.1, -0.05) is 6.42 Å². The monoisotopic (exact) mass is 154 g/mol. The zero-order valence-corrected chi connectivity index (χ0v) is 7.13. The molecular formula is C9H18N2. The molecule has 0 aromatic carbocycles. The minimum Gasteiger partial charge on any atom is -0.328 e. The molecule has 0 saturated carbocycles. The zero-order valence-electron chi connectivity index (χ0n) is 7.13. The van der Waals surface area contributed by atoms with Gasteiger partial charge in [-0.2, -0.15) is 0 Å². The smallest absolute Gasteiger partial charge is 0.0110 e. The van der Waals surface area contributed by atoms with Crippen LogP contribution in [0.15, 0.2) is 0 Å². The van der Waals surface area contributed by atoms with Gasteiger partial charge in [-0.25, -0.2) is 0 Å². The van der Waals surface area contributed by atoms with Gasteiger partial charge in [-0.05, 0) is 38.8 Å². The minimum absolute atomic E-state index is 0.495. The van der Waals surface area contributed by atoms with Gasteiger partial charge in [0.2, 0.25) is 0 Å². The Balaban J connectivity index is 1.93. The molecule has 0 aromatic heterocycles. The average molecular weight is 154 g/mol. The fourth-order valence-electron chi connectivity index (χ4n) is 2.42. The lowest BCUT2D eigenvalue weighted by Gasteiger charge is -2.41. The Morgan fingerprint density at radius 3 is 2.91 bits per heavy atom. The first-order valence-electron chi connectivity index (χ1n) is 4.86. The fraction of sp³-hybridized carbons (Fsp3) is 1.00. The van der Waals surface area contributed by atoms with Crippen molar-refractivity contribution in [3.05, 3.63) is 0 Å². The highest BCUT2D eigenvalue weighted by Gasteiger charge is 2.27. The summed E-state index contributed by atoms with van der Waals surface area (Å²) in [6.07, 6.45) is 6.70. The molecule has 2 aliphatic heterocycles. The van der Waals surface area contributed by atoms with E-state index in [-0.39, 0.29) is 0 Å². The maximum absolute atomic E-state index is 5.92. The van der Waals surface area contributed by atoms with Gasteiger partial charge >= 0.3 is 0 Å². The Labute approximate surface area is 68.7 Å². The first-order chi connectivity index (χ1) is 5.36. The van der Waals surface area contributed by atoms with E-state index in [4.69, 9.17) is 5.73 Å².